The van der Waals surface area contributed by atoms with Crippen LogP contribution in [0.25, 0.3) is 0 Å². The summed E-state index contributed by atoms with van der Waals surface area (Å²) in [5, 5.41) is 16.8. The lowest BCUT2D eigenvalue weighted by Gasteiger charge is -2.25. The molecule has 4 unspecified atom stereocenters. The van der Waals surface area contributed by atoms with E-state index in [0.717, 1.165) is 0 Å². The Morgan fingerprint density at radius 1 is 0.850 bits per heavy atom. The SMILES string of the molecule is NC(=O)CCC(N)C(=O)NC(CCCN=C(N)N)C(=O)NC(CCC(N)=O)C(=O)NC(Cc1cnc[nH]1)C(=O)O. The molecular formula is C22H37N11O7. The molecule has 0 bridgehead atoms. The molecule has 0 saturated carbocycles. The van der Waals surface area contributed by atoms with E-state index in [2.05, 4.69) is 30.9 Å². The Morgan fingerprint density at radius 3 is 1.93 bits per heavy atom. The molecule has 0 fully saturated rings. The van der Waals surface area contributed by atoms with Gasteiger partial charge in [0.25, 0.3) is 0 Å². The Bertz CT molecular complexity index is 1060. The van der Waals surface area contributed by atoms with E-state index < -0.39 is 59.7 Å². The number of rotatable bonds is 19. The second-order valence-electron chi connectivity index (χ2n) is 8.87. The van der Waals surface area contributed by atoms with E-state index in [-0.39, 0.29) is 57.5 Å². The van der Waals surface area contributed by atoms with Crippen molar-refractivity contribution < 1.29 is 33.9 Å². The van der Waals surface area contributed by atoms with Crippen molar-refractivity contribution in [1.29, 1.82) is 0 Å². The second kappa shape index (κ2) is 17.0. The largest absolute Gasteiger partial charge is 0.480 e. The maximum Gasteiger partial charge on any atom is 0.326 e. The van der Waals surface area contributed by atoms with Crippen LogP contribution in [0.1, 0.15) is 44.2 Å². The van der Waals surface area contributed by atoms with Gasteiger partial charge in [0, 0.05) is 37.7 Å². The van der Waals surface area contributed by atoms with Gasteiger partial charge in [0.2, 0.25) is 29.5 Å². The van der Waals surface area contributed by atoms with Gasteiger partial charge in [-0.1, -0.05) is 0 Å². The average molecular weight is 568 g/mol. The lowest BCUT2D eigenvalue weighted by atomic mass is 10.0. The summed E-state index contributed by atoms with van der Waals surface area (Å²) in [6.45, 7) is 0.120. The molecule has 4 atom stereocenters. The molecular weight excluding hydrogens is 530 g/mol. The predicted molar refractivity (Wildman–Crippen MR) is 140 cm³/mol. The monoisotopic (exact) mass is 567 g/mol. The Morgan fingerprint density at radius 2 is 1.40 bits per heavy atom. The van der Waals surface area contributed by atoms with Crippen LogP contribution in [0.2, 0.25) is 0 Å². The minimum atomic E-state index is -1.39. The number of aromatic amines is 1. The smallest absolute Gasteiger partial charge is 0.326 e. The standard InChI is InChI=1S/C22H37N11O7/c23-12(3-5-16(24)34)18(36)31-13(2-1-7-29-22(26)27)19(37)32-14(4-6-17(25)35)20(38)33-15(21(39)40)8-11-9-28-10-30-11/h9-10,12-15H,1-8,23H2,(H2,24,34)(H2,25,35)(H,28,30)(H,31,36)(H,32,37)(H,33,38)(H,39,40)(H4,26,27,29). The number of aliphatic carboxylic acids is 1. The highest BCUT2D eigenvalue weighted by Gasteiger charge is 2.30. The van der Waals surface area contributed by atoms with Crippen LogP contribution in [0.15, 0.2) is 17.5 Å². The first-order valence-corrected chi connectivity index (χ1v) is 12.3. The fourth-order valence-electron chi connectivity index (χ4n) is 3.40. The number of amides is 5. The molecule has 1 heterocycles. The molecule has 1 aromatic heterocycles. The van der Waals surface area contributed by atoms with Crippen molar-refractivity contribution in [2.75, 3.05) is 6.54 Å². The first-order chi connectivity index (χ1) is 18.8. The van der Waals surface area contributed by atoms with E-state index >= 15 is 0 Å². The summed E-state index contributed by atoms with van der Waals surface area (Å²) in [5.41, 5.74) is 27.1. The summed E-state index contributed by atoms with van der Waals surface area (Å²) in [4.78, 5) is 83.2. The number of H-pyrrole nitrogens is 1. The molecule has 0 aromatic carbocycles. The van der Waals surface area contributed by atoms with Crippen molar-refractivity contribution >= 4 is 41.5 Å². The van der Waals surface area contributed by atoms with Crippen LogP contribution in [0.5, 0.6) is 0 Å². The quantitative estimate of drug-likeness (QED) is 0.0430. The number of primary amides is 2. The number of carboxylic acid groups (broad SMARTS) is 1. The number of nitrogens with one attached hydrogen (secondary N) is 4. The summed E-state index contributed by atoms with van der Waals surface area (Å²) in [6, 6.07) is -5.16. The minimum absolute atomic E-state index is 0.0125. The highest BCUT2D eigenvalue weighted by molar-refractivity contribution is 5.94. The zero-order valence-corrected chi connectivity index (χ0v) is 21.8. The van der Waals surface area contributed by atoms with Gasteiger partial charge in [0.05, 0.1) is 12.4 Å². The van der Waals surface area contributed by atoms with Crippen molar-refractivity contribution in [2.24, 2.45) is 33.7 Å². The van der Waals surface area contributed by atoms with E-state index in [1.165, 1.54) is 12.5 Å². The maximum atomic E-state index is 13.2. The molecule has 18 heteroatoms. The summed E-state index contributed by atoms with van der Waals surface area (Å²) in [7, 11) is 0. The number of hydrogen-bond donors (Lipinski definition) is 10. The van der Waals surface area contributed by atoms with Gasteiger partial charge in [0.1, 0.15) is 18.1 Å². The van der Waals surface area contributed by atoms with E-state index in [1.807, 2.05) is 0 Å². The number of carbonyl (C=O) groups excluding carboxylic acids is 5. The van der Waals surface area contributed by atoms with Crippen molar-refractivity contribution in [3.63, 3.8) is 0 Å². The molecule has 5 amide bonds. The summed E-state index contributed by atoms with van der Waals surface area (Å²) >= 11 is 0. The van der Waals surface area contributed by atoms with Gasteiger partial charge >= 0.3 is 5.97 Å². The molecule has 18 nitrogen and oxygen atoms in total. The number of carboxylic acids is 1. The van der Waals surface area contributed by atoms with Crippen LogP contribution in [0, 0.1) is 0 Å². The van der Waals surface area contributed by atoms with E-state index in [4.69, 9.17) is 28.7 Å². The normalized spacial score (nSPS) is 13.6. The molecule has 1 rings (SSSR count). The molecule has 0 radical (unpaired) electrons. The highest BCUT2D eigenvalue weighted by Crippen LogP contribution is 2.06. The number of nitrogens with zero attached hydrogens (tertiary/aromatic N) is 2. The summed E-state index contributed by atoms with van der Waals surface area (Å²) in [5.74, 6) is -5.43. The van der Waals surface area contributed by atoms with Crippen LogP contribution in [-0.2, 0) is 35.2 Å². The van der Waals surface area contributed by atoms with Crippen molar-refractivity contribution in [3.05, 3.63) is 18.2 Å². The van der Waals surface area contributed by atoms with Gasteiger partial charge in [0.15, 0.2) is 5.96 Å². The lowest BCUT2D eigenvalue weighted by Crippen LogP contribution is -2.57. The molecule has 15 N–H and O–H groups in total. The Labute approximate surface area is 229 Å². The number of aliphatic imine (C=N–C) groups is 1. The highest BCUT2D eigenvalue weighted by atomic mass is 16.4. The number of hydrogen-bond acceptors (Lipinski definition) is 9. The molecule has 0 aliphatic carbocycles. The molecule has 1 aromatic rings. The van der Waals surface area contributed by atoms with Gasteiger partial charge in [-0.3, -0.25) is 29.0 Å². The molecule has 40 heavy (non-hydrogen) atoms. The molecule has 0 aliphatic heterocycles. The van der Waals surface area contributed by atoms with Gasteiger partial charge in [-0.25, -0.2) is 9.78 Å². The topological polar surface area (TPSA) is 330 Å². The number of carbonyl (C=O) groups is 6. The van der Waals surface area contributed by atoms with Crippen molar-refractivity contribution in [3.8, 4) is 0 Å². The van der Waals surface area contributed by atoms with Crippen molar-refractivity contribution in [1.82, 2.24) is 25.9 Å². The zero-order valence-electron chi connectivity index (χ0n) is 21.8. The Hall–Kier alpha value is -4.74. The van der Waals surface area contributed by atoms with Crippen LogP contribution >= 0.6 is 0 Å². The third-order valence-electron chi connectivity index (χ3n) is 5.52. The second-order valence-corrected chi connectivity index (χ2v) is 8.87. The fourth-order valence-corrected chi connectivity index (χ4v) is 3.40. The van der Waals surface area contributed by atoms with Gasteiger partial charge in [-0.15, -0.1) is 0 Å². The van der Waals surface area contributed by atoms with Crippen LogP contribution in [-0.4, -0.2) is 87.3 Å². The molecule has 0 saturated heterocycles. The van der Waals surface area contributed by atoms with Crippen molar-refractivity contribution in [2.45, 2.75) is 69.1 Å². The van der Waals surface area contributed by atoms with Crippen LogP contribution in [0.4, 0.5) is 0 Å². The first kappa shape index (κ1) is 33.3. The number of nitrogens with two attached hydrogens (primary N) is 5. The zero-order chi connectivity index (χ0) is 30.2. The summed E-state index contributed by atoms with van der Waals surface area (Å²) in [6.07, 6.45) is 2.05. The number of aromatic nitrogens is 2. The van der Waals surface area contributed by atoms with E-state index in [9.17, 15) is 33.9 Å². The fraction of sp³-hybridized carbons (Fsp3) is 0.545. The van der Waals surface area contributed by atoms with Crippen LogP contribution in [0.3, 0.4) is 0 Å². The first-order valence-electron chi connectivity index (χ1n) is 12.3. The maximum absolute atomic E-state index is 13.2. The number of guanidine groups is 1. The van der Waals surface area contributed by atoms with E-state index in [1.54, 1.807) is 0 Å². The van der Waals surface area contributed by atoms with Gasteiger partial charge < -0.3 is 54.7 Å². The van der Waals surface area contributed by atoms with Gasteiger partial charge in [-0.2, -0.15) is 0 Å². The molecule has 0 aliphatic rings. The minimum Gasteiger partial charge on any atom is -0.480 e. The predicted octanol–water partition coefficient (Wildman–Crippen LogP) is -4.60. The average Bonchev–Trinajstić information content (AvgIpc) is 3.38. The van der Waals surface area contributed by atoms with E-state index in [0.29, 0.717) is 5.69 Å². The third kappa shape index (κ3) is 13.2. The number of imidazole rings is 1. The molecule has 222 valence electrons. The molecule has 0 spiro atoms. The third-order valence-corrected chi connectivity index (χ3v) is 5.52. The van der Waals surface area contributed by atoms with Crippen LogP contribution < -0.4 is 44.6 Å². The lowest BCUT2D eigenvalue weighted by molar-refractivity contribution is -0.142. The van der Waals surface area contributed by atoms with Gasteiger partial charge in [-0.05, 0) is 25.7 Å². The Kier molecular flexibility index (Phi) is 14.1. The summed E-state index contributed by atoms with van der Waals surface area (Å²) < 4.78 is 0. The Balaban J connectivity index is 3.05.